The smallest absolute Gasteiger partial charge is 0.216 e. The molecular formula is C12H31Cl3N4O. The molecule has 0 unspecified atom stereocenters. The van der Waals surface area contributed by atoms with Gasteiger partial charge in [0.1, 0.15) is 0 Å². The number of halogens is 3. The van der Waals surface area contributed by atoms with E-state index < -0.39 is 0 Å². The molecule has 5 nitrogen and oxygen atoms in total. The van der Waals surface area contributed by atoms with Crippen LogP contribution >= 0.6 is 37.2 Å². The Morgan fingerprint density at radius 2 is 1.25 bits per heavy atom. The van der Waals surface area contributed by atoms with Crippen molar-refractivity contribution in [2.75, 3.05) is 39.3 Å². The maximum absolute atomic E-state index is 10.6. The highest BCUT2D eigenvalue weighted by Crippen LogP contribution is 1.85. The standard InChI is InChI=1S/C12H28N4O.3ClH/c1-12(17)16-11-5-10-15-8-3-2-7-14-9-4-6-13;;;/h14-15H,2-11,13H2,1H3,(H,16,17);3*1H. The first-order chi connectivity index (χ1) is 8.27. The summed E-state index contributed by atoms with van der Waals surface area (Å²) in [5.41, 5.74) is 5.39. The third-order valence-electron chi connectivity index (χ3n) is 2.42. The minimum atomic E-state index is 0. The number of carbonyl (C=O) groups excluding carboxylic acids is 1. The third-order valence-corrected chi connectivity index (χ3v) is 2.42. The number of carbonyl (C=O) groups is 1. The quantitative estimate of drug-likeness (QED) is 0.396. The summed E-state index contributed by atoms with van der Waals surface area (Å²) in [5, 5.41) is 9.49. The van der Waals surface area contributed by atoms with E-state index in [9.17, 15) is 4.79 Å². The predicted molar refractivity (Wildman–Crippen MR) is 93.7 cm³/mol. The molecule has 0 spiro atoms. The number of hydrogen-bond acceptors (Lipinski definition) is 4. The molecule has 0 aliphatic carbocycles. The van der Waals surface area contributed by atoms with Crippen LogP contribution in [0.4, 0.5) is 0 Å². The first-order valence-electron chi connectivity index (χ1n) is 6.63. The lowest BCUT2D eigenvalue weighted by Crippen LogP contribution is -2.26. The van der Waals surface area contributed by atoms with Crippen LogP contribution in [0, 0.1) is 0 Å². The van der Waals surface area contributed by atoms with Crippen LogP contribution in [-0.2, 0) is 4.79 Å². The van der Waals surface area contributed by atoms with Crippen LogP contribution in [0.5, 0.6) is 0 Å². The molecule has 126 valence electrons. The fourth-order valence-electron chi connectivity index (χ4n) is 1.45. The summed E-state index contributed by atoms with van der Waals surface area (Å²) in [4.78, 5) is 10.6. The maximum atomic E-state index is 10.6. The van der Waals surface area contributed by atoms with Crippen molar-refractivity contribution in [1.29, 1.82) is 0 Å². The van der Waals surface area contributed by atoms with Crippen molar-refractivity contribution in [3.63, 3.8) is 0 Å². The Hall–Kier alpha value is 0.220. The Labute approximate surface area is 141 Å². The lowest BCUT2D eigenvalue weighted by molar-refractivity contribution is -0.118. The van der Waals surface area contributed by atoms with E-state index >= 15 is 0 Å². The molecule has 20 heavy (non-hydrogen) atoms. The lowest BCUT2D eigenvalue weighted by Gasteiger charge is -2.06. The van der Waals surface area contributed by atoms with Crippen LogP contribution in [0.15, 0.2) is 0 Å². The van der Waals surface area contributed by atoms with Crippen LogP contribution in [0.2, 0.25) is 0 Å². The highest BCUT2D eigenvalue weighted by Gasteiger charge is 1.92. The Morgan fingerprint density at radius 1 is 0.800 bits per heavy atom. The van der Waals surface area contributed by atoms with E-state index in [1.807, 2.05) is 0 Å². The van der Waals surface area contributed by atoms with Gasteiger partial charge < -0.3 is 21.7 Å². The largest absolute Gasteiger partial charge is 0.356 e. The Morgan fingerprint density at radius 3 is 1.70 bits per heavy atom. The molecule has 5 N–H and O–H groups in total. The highest BCUT2D eigenvalue weighted by molar-refractivity contribution is 5.86. The second-order valence-electron chi connectivity index (χ2n) is 4.19. The van der Waals surface area contributed by atoms with Gasteiger partial charge in [-0.15, -0.1) is 37.2 Å². The SMILES string of the molecule is CC(=O)NCCCNCCCCNCCCN.Cl.Cl.Cl. The molecule has 0 rings (SSSR count). The summed E-state index contributed by atoms with van der Waals surface area (Å²) >= 11 is 0. The van der Waals surface area contributed by atoms with E-state index in [0.717, 1.165) is 52.1 Å². The molecule has 0 atom stereocenters. The topological polar surface area (TPSA) is 79.2 Å². The van der Waals surface area contributed by atoms with E-state index in [2.05, 4.69) is 16.0 Å². The van der Waals surface area contributed by atoms with Crippen LogP contribution in [0.25, 0.3) is 0 Å². The average Bonchev–Trinajstić information content (AvgIpc) is 2.30. The molecule has 0 aromatic heterocycles. The molecule has 0 radical (unpaired) electrons. The molecule has 0 aliphatic rings. The van der Waals surface area contributed by atoms with Gasteiger partial charge in [0.15, 0.2) is 0 Å². The van der Waals surface area contributed by atoms with Gasteiger partial charge in [0, 0.05) is 13.5 Å². The van der Waals surface area contributed by atoms with Crippen LogP contribution < -0.4 is 21.7 Å². The molecule has 8 heteroatoms. The fraction of sp³-hybridized carbons (Fsp3) is 0.917. The second kappa shape index (κ2) is 24.3. The Balaban J connectivity index is -0.000000427. The van der Waals surface area contributed by atoms with Crippen molar-refractivity contribution in [3.05, 3.63) is 0 Å². The lowest BCUT2D eigenvalue weighted by atomic mass is 10.3. The average molecular weight is 354 g/mol. The number of unbranched alkanes of at least 4 members (excludes halogenated alkanes) is 1. The third kappa shape index (κ3) is 26.7. The summed E-state index contributed by atoms with van der Waals surface area (Å²) in [5.74, 6) is 0.0496. The van der Waals surface area contributed by atoms with Crippen molar-refractivity contribution in [1.82, 2.24) is 16.0 Å². The molecule has 0 saturated heterocycles. The van der Waals surface area contributed by atoms with Crippen LogP contribution in [-0.4, -0.2) is 45.2 Å². The van der Waals surface area contributed by atoms with Gasteiger partial charge in [-0.25, -0.2) is 0 Å². The minimum Gasteiger partial charge on any atom is -0.356 e. The van der Waals surface area contributed by atoms with Crippen molar-refractivity contribution >= 4 is 43.1 Å². The number of hydrogen-bond donors (Lipinski definition) is 4. The van der Waals surface area contributed by atoms with Crippen molar-refractivity contribution in [2.45, 2.75) is 32.6 Å². The zero-order valence-corrected chi connectivity index (χ0v) is 14.7. The van der Waals surface area contributed by atoms with Crippen LogP contribution in [0.3, 0.4) is 0 Å². The zero-order valence-electron chi connectivity index (χ0n) is 12.3. The highest BCUT2D eigenvalue weighted by atomic mass is 35.5. The van der Waals surface area contributed by atoms with E-state index in [1.165, 1.54) is 12.8 Å². The van der Waals surface area contributed by atoms with Gasteiger partial charge in [0.2, 0.25) is 5.91 Å². The number of nitrogens with two attached hydrogens (primary N) is 1. The number of nitrogens with one attached hydrogen (secondary N) is 3. The predicted octanol–water partition coefficient (Wildman–Crippen LogP) is 1.09. The van der Waals surface area contributed by atoms with Gasteiger partial charge in [-0.3, -0.25) is 4.79 Å². The van der Waals surface area contributed by atoms with E-state index in [4.69, 9.17) is 5.73 Å². The molecule has 0 aliphatic heterocycles. The van der Waals surface area contributed by atoms with Gasteiger partial charge in [0.05, 0.1) is 0 Å². The molecule has 0 aromatic rings. The van der Waals surface area contributed by atoms with Gasteiger partial charge >= 0.3 is 0 Å². The van der Waals surface area contributed by atoms with Gasteiger partial charge in [-0.2, -0.15) is 0 Å². The molecule has 0 aromatic carbocycles. The van der Waals surface area contributed by atoms with Gasteiger partial charge in [-0.1, -0.05) is 0 Å². The fourth-order valence-corrected chi connectivity index (χ4v) is 1.45. The Kier molecular flexibility index (Phi) is 34.4. The molecule has 0 heterocycles. The molecule has 0 fully saturated rings. The van der Waals surface area contributed by atoms with Crippen molar-refractivity contribution in [3.8, 4) is 0 Å². The monoisotopic (exact) mass is 352 g/mol. The zero-order chi connectivity index (χ0) is 12.8. The summed E-state index contributed by atoms with van der Waals surface area (Å²) in [7, 11) is 0. The van der Waals surface area contributed by atoms with E-state index in [1.54, 1.807) is 6.92 Å². The van der Waals surface area contributed by atoms with Gasteiger partial charge in [0.25, 0.3) is 0 Å². The van der Waals surface area contributed by atoms with Crippen molar-refractivity contribution < 1.29 is 4.79 Å². The van der Waals surface area contributed by atoms with E-state index in [-0.39, 0.29) is 43.1 Å². The first kappa shape index (κ1) is 28.4. The minimum absolute atomic E-state index is 0. The normalized spacial score (nSPS) is 8.90. The Bertz CT molecular complexity index is 188. The second-order valence-corrected chi connectivity index (χ2v) is 4.19. The van der Waals surface area contributed by atoms with Gasteiger partial charge in [-0.05, 0) is 58.4 Å². The summed E-state index contributed by atoms with van der Waals surface area (Å²) in [6.45, 7) is 7.21. The van der Waals surface area contributed by atoms with E-state index in [0.29, 0.717) is 0 Å². The van der Waals surface area contributed by atoms with Crippen LogP contribution in [0.1, 0.15) is 32.6 Å². The number of rotatable bonds is 12. The summed E-state index contributed by atoms with van der Waals surface area (Å²) < 4.78 is 0. The molecule has 1 amide bonds. The van der Waals surface area contributed by atoms with Crippen molar-refractivity contribution in [2.24, 2.45) is 5.73 Å². The summed E-state index contributed by atoms with van der Waals surface area (Å²) in [6.07, 6.45) is 4.44. The molecule has 0 saturated carbocycles. The molecule has 0 bridgehead atoms. The number of amides is 1. The maximum Gasteiger partial charge on any atom is 0.216 e. The summed E-state index contributed by atoms with van der Waals surface area (Å²) in [6, 6.07) is 0. The molecular weight excluding hydrogens is 323 g/mol. The first-order valence-corrected chi connectivity index (χ1v) is 6.63.